The second kappa shape index (κ2) is 5.71. The predicted molar refractivity (Wildman–Crippen MR) is 79.2 cm³/mol. The molecule has 6 heteroatoms. The van der Waals surface area contributed by atoms with E-state index in [4.69, 9.17) is 0 Å². The van der Waals surface area contributed by atoms with Crippen LogP contribution in [0.25, 0.3) is 0 Å². The Morgan fingerprint density at radius 1 is 1.38 bits per heavy atom. The lowest BCUT2D eigenvalue weighted by Crippen LogP contribution is -2.48. The second-order valence-corrected chi connectivity index (χ2v) is 5.85. The molecule has 21 heavy (non-hydrogen) atoms. The van der Waals surface area contributed by atoms with Crippen molar-refractivity contribution in [3.63, 3.8) is 0 Å². The van der Waals surface area contributed by atoms with Gasteiger partial charge in [-0.15, -0.1) is 0 Å². The van der Waals surface area contributed by atoms with Gasteiger partial charge < -0.3 is 15.7 Å². The summed E-state index contributed by atoms with van der Waals surface area (Å²) in [5.41, 5.74) is 1.36. The van der Waals surface area contributed by atoms with Crippen LogP contribution >= 0.6 is 0 Å². The number of hydrogen-bond acceptors (Lipinski definition) is 3. The van der Waals surface area contributed by atoms with Crippen LogP contribution in [-0.4, -0.2) is 28.1 Å². The average molecular weight is 291 g/mol. The van der Waals surface area contributed by atoms with Crippen LogP contribution in [0, 0.1) is 19.3 Å². The van der Waals surface area contributed by atoms with Gasteiger partial charge >= 0.3 is 12.0 Å². The van der Waals surface area contributed by atoms with E-state index in [1.807, 2.05) is 19.9 Å². The molecule has 1 aliphatic carbocycles. The molecule has 1 aliphatic rings. The van der Waals surface area contributed by atoms with E-state index in [2.05, 4.69) is 15.6 Å². The summed E-state index contributed by atoms with van der Waals surface area (Å²) < 4.78 is 0. The zero-order valence-corrected chi connectivity index (χ0v) is 12.6. The lowest BCUT2D eigenvalue weighted by Gasteiger charge is -2.27. The summed E-state index contributed by atoms with van der Waals surface area (Å²) in [5.74, 6) is -0.863. The highest BCUT2D eigenvalue weighted by Gasteiger charge is 2.45. The summed E-state index contributed by atoms with van der Waals surface area (Å²) in [7, 11) is 0. The second-order valence-electron chi connectivity index (χ2n) is 5.85. The monoisotopic (exact) mass is 291 g/mol. The van der Waals surface area contributed by atoms with Crippen LogP contribution in [0.15, 0.2) is 12.1 Å². The third kappa shape index (κ3) is 3.15. The van der Waals surface area contributed by atoms with E-state index < -0.39 is 11.4 Å². The molecule has 1 saturated carbocycles. The van der Waals surface area contributed by atoms with Crippen LogP contribution in [0.2, 0.25) is 0 Å². The molecule has 0 saturated heterocycles. The number of carbonyl (C=O) groups is 2. The lowest BCUT2D eigenvalue weighted by molar-refractivity contribution is -0.148. The zero-order chi connectivity index (χ0) is 15.6. The van der Waals surface area contributed by atoms with E-state index in [1.54, 1.807) is 13.0 Å². The number of hydrogen-bond donors (Lipinski definition) is 3. The van der Waals surface area contributed by atoms with Crippen molar-refractivity contribution in [1.82, 2.24) is 10.3 Å². The first kappa shape index (κ1) is 15.3. The number of rotatable bonds is 3. The third-order valence-electron chi connectivity index (χ3n) is 4.23. The van der Waals surface area contributed by atoms with Gasteiger partial charge in [0.1, 0.15) is 0 Å². The van der Waals surface area contributed by atoms with Gasteiger partial charge in [-0.25, -0.2) is 4.79 Å². The molecule has 2 unspecified atom stereocenters. The number of pyridine rings is 1. The number of urea groups is 1. The van der Waals surface area contributed by atoms with E-state index in [1.165, 1.54) is 0 Å². The maximum Gasteiger partial charge on any atom is 0.319 e. The highest BCUT2D eigenvalue weighted by Crippen LogP contribution is 2.38. The Labute approximate surface area is 124 Å². The smallest absolute Gasteiger partial charge is 0.319 e. The molecule has 1 heterocycles. The Balaban J connectivity index is 2.03. The van der Waals surface area contributed by atoms with Crippen molar-refractivity contribution in [3.05, 3.63) is 23.5 Å². The van der Waals surface area contributed by atoms with E-state index in [9.17, 15) is 14.7 Å². The number of carboxylic acid groups (broad SMARTS) is 1. The maximum atomic E-state index is 12.1. The molecule has 2 rings (SSSR count). The van der Waals surface area contributed by atoms with Crippen molar-refractivity contribution >= 4 is 17.7 Å². The van der Waals surface area contributed by atoms with Gasteiger partial charge in [-0.05, 0) is 45.7 Å². The summed E-state index contributed by atoms with van der Waals surface area (Å²) in [5, 5.41) is 14.9. The molecule has 1 aromatic rings. The Kier molecular flexibility index (Phi) is 4.16. The van der Waals surface area contributed by atoms with Crippen LogP contribution in [0.3, 0.4) is 0 Å². The number of aliphatic carboxylic acids is 1. The van der Waals surface area contributed by atoms with Gasteiger partial charge in [0, 0.05) is 11.7 Å². The highest BCUT2D eigenvalue weighted by molar-refractivity contribution is 5.90. The van der Waals surface area contributed by atoms with Crippen LogP contribution in [0.1, 0.15) is 37.6 Å². The summed E-state index contributed by atoms with van der Waals surface area (Å²) >= 11 is 0. The number of amides is 2. The summed E-state index contributed by atoms with van der Waals surface area (Å²) in [6.45, 7) is 5.39. The van der Waals surface area contributed by atoms with Crippen LogP contribution in [-0.2, 0) is 4.79 Å². The Morgan fingerprint density at radius 2 is 2.10 bits per heavy atom. The molecule has 0 aliphatic heterocycles. The topological polar surface area (TPSA) is 91.3 Å². The van der Waals surface area contributed by atoms with Gasteiger partial charge in [-0.3, -0.25) is 9.78 Å². The first-order chi connectivity index (χ1) is 9.83. The molecule has 0 radical (unpaired) electrons. The van der Waals surface area contributed by atoms with Gasteiger partial charge in [0.05, 0.1) is 16.8 Å². The van der Waals surface area contributed by atoms with E-state index in [0.29, 0.717) is 18.5 Å². The molecule has 0 bridgehead atoms. The minimum atomic E-state index is -0.891. The molecule has 2 amide bonds. The Bertz CT molecular complexity index is 573. The number of nitrogens with zero attached hydrogens (tertiary/aromatic N) is 1. The fourth-order valence-corrected chi connectivity index (χ4v) is 2.79. The van der Waals surface area contributed by atoms with Crippen molar-refractivity contribution in [2.45, 2.75) is 46.1 Å². The molecular formula is C15H21N3O3. The number of aryl methyl sites for hydroxylation is 2. The third-order valence-corrected chi connectivity index (χ3v) is 4.23. The molecule has 2 atom stereocenters. The maximum absolute atomic E-state index is 12.1. The predicted octanol–water partition coefficient (Wildman–Crippen LogP) is 2.46. The van der Waals surface area contributed by atoms with E-state index in [0.717, 1.165) is 17.8 Å². The molecule has 3 N–H and O–H groups in total. The van der Waals surface area contributed by atoms with E-state index in [-0.39, 0.29) is 12.1 Å². The highest BCUT2D eigenvalue weighted by atomic mass is 16.4. The number of anilines is 1. The number of aromatic nitrogens is 1. The Hall–Kier alpha value is -2.11. The quantitative estimate of drug-likeness (QED) is 0.797. The van der Waals surface area contributed by atoms with Crippen molar-refractivity contribution in [2.75, 3.05) is 5.32 Å². The minimum Gasteiger partial charge on any atom is -0.481 e. The summed E-state index contributed by atoms with van der Waals surface area (Å²) in [4.78, 5) is 27.7. The standard InChI is InChI=1S/C15H21N3O3/c1-9-6-7-11(10(2)16-9)17-14(21)18-12-5-4-8-15(12,3)13(19)20/h6-7,12H,4-5,8H2,1-3H3,(H,19,20)(H2,17,18,21). The molecule has 0 spiro atoms. The fourth-order valence-electron chi connectivity index (χ4n) is 2.79. The van der Waals surface area contributed by atoms with E-state index >= 15 is 0 Å². The van der Waals surface area contributed by atoms with Gasteiger partial charge in [0.25, 0.3) is 0 Å². The molecule has 6 nitrogen and oxygen atoms in total. The summed E-state index contributed by atoms with van der Waals surface area (Å²) in [6, 6.07) is 2.87. The lowest BCUT2D eigenvalue weighted by atomic mass is 9.85. The van der Waals surface area contributed by atoms with Crippen LogP contribution in [0.4, 0.5) is 10.5 Å². The van der Waals surface area contributed by atoms with Crippen molar-refractivity contribution < 1.29 is 14.7 Å². The molecular weight excluding hydrogens is 270 g/mol. The SMILES string of the molecule is Cc1ccc(NC(=O)NC2CCCC2(C)C(=O)O)c(C)n1. The zero-order valence-electron chi connectivity index (χ0n) is 12.6. The molecule has 1 aromatic heterocycles. The van der Waals surface area contributed by atoms with Crippen molar-refractivity contribution in [3.8, 4) is 0 Å². The Morgan fingerprint density at radius 3 is 2.71 bits per heavy atom. The normalized spacial score (nSPS) is 24.6. The first-order valence-electron chi connectivity index (χ1n) is 7.08. The molecule has 0 aromatic carbocycles. The molecule has 114 valence electrons. The van der Waals surface area contributed by atoms with Gasteiger partial charge in [0.2, 0.25) is 0 Å². The van der Waals surface area contributed by atoms with Gasteiger partial charge in [-0.1, -0.05) is 6.42 Å². The number of nitrogens with one attached hydrogen (secondary N) is 2. The minimum absolute atomic E-state index is 0.353. The van der Waals surface area contributed by atoms with Crippen LogP contribution in [0.5, 0.6) is 0 Å². The van der Waals surface area contributed by atoms with Gasteiger partial charge in [-0.2, -0.15) is 0 Å². The fraction of sp³-hybridized carbons (Fsp3) is 0.533. The number of carbonyl (C=O) groups excluding carboxylic acids is 1. The largest absolute Gasteiger partial charge is 0.481 e. The number of carboxylic acids is 1. The average Bonchev–Trinajstić information content (AvgIpc) is 2.76. The van der Waals surface area contributed by atoms with Crippen LogP contribution < -0.4 is 10.6 Å². The van der Waals surface area contributed by atoms with Crippen molar-refractivity contribution in [1.29, 1.82) is 0 Å². The molecule has 1 fully saturated rings. The van der Waals surface area contributed by atoms with Gasteiger partial charge in [0.15, 0.2) is 0 Å². The summed E-state index contributed by atoms with van der Waals surface area (Å²) in [6.07, 6.45) is 2.07. The van der Waals surface area contributed by atoms with Crippen molar-refractivity contribution in [2.24, 2.45) is 5.41 Å². The first-order valence-corrected chi connectivity index (χ1v) is 7.08.